The molecule has 0 aliphatic heterocycles. The second-order valence-electron chi connectivity index (χ2n) is 8.91. The predicted molar refractivity (Wildman–Crippen MR) is 153 cm³/mol. The molecule has 3 rings (SSSR count). The van der Waals surface area contributed by atoms with E-state index in [1.54, 1.807) is 38.1 Å². The van der Waals surface area contributed by atoms with Gasteiger partial charge in [0.2, 0.25) is 11.8 Å². The Labute approximate surface area is 235 Å². The lowest BCUT2D eigenvalue weighted by molar-refractivity contribution is -0.139. The number of nitrogens with one attached hydrogen (secondary N) is 1. The normalized spacial score (nSPS) is 11.9. The molecule has 0 aromatic heterocycles. The van der Waals surface area contributed by atoms with E-state index in [4.69, 9.17) is 16.3 Å². The van der Waals surface area contributed by atoms with Gasteiger partial charge in [0, 0.05) is 18.1 Å². The molecule has 208 valence electrons. The van der Waals surface area contributed by atoms with E-state index in [1.165, 1.54) is 29.2 Å². The second-order valence-corrected chi connectivity index (χ2v) is 11.2. The SMILES string of the molecule is CCNC(=O)C(C)N(Cc1ccccc1C)C(=O)CN(c1ccc(OCC)cc1)S(=O)(=O)c1ccc(Cl)cc1. The van der Waals surface area contributed by atoms with Crippen molar-refractivity contribution in [2.24, 2.45) is 0 Å². The first-order valence-electron chi connectivity index (χ1n) is 12.7. The van der Waals surface area contributed by atoms with Crippen LogP contribution in [0.1, 0.15) is 31.9 Å². The number of hydrogen-bond acceptors (Lipinski definition) is 5. The Bertz CT molecular complexity index is 1380. The van der Waals surface area contributed by atoms with Gasteiger partial charge < -0.3 is 15.0 Å². The minimum absolute atomic E-state index is 0.0178. The van der Waals surface area contributed by atoms with E-state index >= 15 is 0 Å². The fourth-order valence-corrected chi connectivity index (χ4v) is 5.55. The molecule has 0 radical (unpaired) electrons. The molecular weight excluding hydrogens is 538 g/mol. The van der Waals surface area contributed by atoms with Crippen LogP contribution in [0.4, 0.5) is 5.69 Å². The monoisotopic (exact) mass is 571 g/mol. The number of likely N-dealkylation sites (N-methyl/N-ethyl adjacent to an activating group) is 1. The molecular formula is C29H34ClN3O5S. The number of benzene rings is 3. The molecule has 1 unspecified atom stereocenters. The number of carbonyl (C=O) groups excluding carboxylic acids is 2. The van der Waals surface area contributed by atoms with E-state index in [0.29, 0.717) is 23.9 Å². The second kappa shape index (κ2) is 13.5. The van der Waals surface area contributed by atoms with E-state index in [2.05, 4.69) is 5.32 Å². The standard InChI is InChI=1S/C29H34ClN3O5S/c1-5-31-29(35)22(4)32(19-23-10-8-7-9-21(23)3)28(34)20-33(25-13-15-26(16-14-25)38-6-2)39(36,37)27-17-11-24(30)12-18-27/h7-18,22H,5-6,19-20H2,1-4H3,(H,31,35). The quantitative estimate of drug-likeness (QED) is 0.337. The summed E-state index contributed by atoms with van der Waals surface area (Å²) in [5.41, 5.74) is 2.09. The summed E-state index contributed by atoms with van der Waals surface area (Å²) in [5.74, 6) is -0.279. The molecule has 0 spiro atoms. The van der Waals surface area contributed by atoms with Crippen molar-refractivity contribution in [2.45, 2.75) is 45.2 Å². The first-order valence-corrected chi connectivity index (χ1v) is 14.5. The fourth-order valence-electron chi connectivity index (χ4n) is 4.01. The summed E-state index contributed by atoms with van der Waals surface area (Å²) in [4.78, 5) is 28.1. The molecule has 0 fully saturated rings. The van der Waals surface area contributed by atoms with E-state index in [9.17, 15) is 18.0 Å². The number of carbonyl (C=O) groups is 2. The zero-order chi connectivity index (χ0) is 28.6. The van der Waals surface area contributed by atoms with Crippen LogP contribution in [-0.4, -0.2) is 50.9 Å². The largest absolute Gasteiger partial charge is 0.494 e. The van der Waals surface area contributed by atoms with Gasteiger partial charge in [-0.05, 0) is 87.4 Å². The maximum Gasteiger partial charge on any atom is 0.264 e. The van der Waals surface area contributed by atoms with Crippen LogP contribution < -0.4 is 14.4 Å². The minimum atomic E-state index is -4.18. The third-order valence-electron chi connectivity index (χ3n) is 6.24. The van der Waals surface area contributed by atoms with Crippen LogP contribution in [0.15, 0.2) is 77.7 Å². The highest BCUT2D eigenvalue weighted by molar-refractivity contribution is 7.92. The van der Waals surface area contributed by atoms with Crippen LogP contribution in [-0.2, 0) is 26.2 Å². The summed E-state index contributed by atoms with van der Waals surface area (Å²) in [6, 6.07) is 18.9. The Morgan fingerprint density at radius 2 is 1.62 bits per heavy atom. The molecule has 1 atom stereocenters. The van der Waals surface area contributed by atoms with Gasteiger partial charge >= 0.3 is 0 Å². The number of rotatable bonds is 12. The molecule has 0 aliphatic carbocycles. The predicted octanol–water partition coefficient (Wildman–Crippen LogP) is 4.80. The zero-order valence-electron chi connectivity index (χ0n) is 22.6. The lowest BCUT2D eigenvalue weighted by atomic mass is 10.1. The van der Waals surface area contributed by atoms with Crippen molar-refractivity contribution >= 4 is 39.1 Å². The van der Waals surface area contributed by atoms with Crippen LogP contribution in [0.5, 0.6) is 5.75 Å². The van der Waals surface area contributed by atoms with Gasteiger partial charge in [0.25, 0.3) is 10.0 Å². The summed E-state index contributed by atoms with van der Waals surface area (Å²) in [5, 5.41) is 3.14. The lowest BCUT2D eigenvalue weighted by Crippen LogP contribution is -2.51. The number of ether oxygens (including phenoxy) is 1. The highest BCUT2D eigenvalue weighted by Crippen LogP contribution is 2.27. The van der Waals surface area contributed by atoms with Crippen molar-refractivity contribution in [1.82, 2.24) is 10.2 Å². The third-order valence-corrected chi connectivity index (χ3v) is 8.28. The van der Waals surface area contributed by atoms with Crippen molar-refractivity contribution in [3.05, 3.63) is 88.9 Å². The van der Waals surface area contributed by atoms with Crippen LogP contribution in [0.25, 0.3) is 0 Å². The van der Waals surface area contributed by atoms with Gasteiger partial charge in [-0.2, -0.15) is 0 Å². The van der Waals surface area contributed by atoms with E-state index in [1.807, 2.05) is 38.1 Å². The summed E-state index contributed by atoms with van der Waals surface area (Å²) in [6.07, 6.45) is 0. The van der Waals surface area contributed by atoms with Crippen LogP contribution >= 0.6 is 11.6 Å². The summed E-state index contributed by atoms with van der Waals surface area (Å²) < 4.78 is 34.2. The molecule has 2 amide bonds. The molecule has 1 N–H and O–H groups in total. The molecule has 3 aromatic carbocycles. The van der Waals surface area contributed by atoms with E-state index in [-0.39, 0.29) is 23.0 Å². The number of nitrogens with zero attached hydrogens (tertiary/aromatic N) is 2. The topological polar surface area (TPSA) is 96.0 Å². The number of sulfonamides is 1. The Balaban J connectivity index is 2.04. The average molecular weight is 572 g/mol. The zero-order valence-corrected chi connectivity index (χ0v) is 24.1. The fraction of sp³-hybridized carbons (Fsp3) is 0.310. The molecule has 0 saturated carbocycles. The third kappa shape index (κ3) is 7.52. The summed E-state index contributed by atoms with van der Waals surface area (Å²) >= 11 is 5.99. The maximum absolute atomic E-state index is 13.9. The average Bonchev–Trinajstić information content (AvgIpc) is 2.92. The van der Waals surface area contributed by atoms with Crippen LogP contribution in [0.2, 0.25) is 5.02 Å². The number of anilines is 1. The van der Waals surface area contributed by atoms with Crippen LogP contribution in [0, 0.1) is 6.92 Å². The number of amides is 2. The van der Waals surface area contributed by atoms with Crippen molar-refractivity contribution in [3.8, 4) is 5.75 Å². The molecule has 39 heavy (non-hydrogen) atoms. The van der Waals surface area contributed by atoms with Crippen molar-refractivity contribution < 1.29 is 22.7 Å². The summed E-state index contributed by atoms with van der Waals surface area (Å²) in [7, 11) is -4.18. The molecule has 0 aliphatic rings. The number of aryl methyl sites for hydroxylation is 1. The molecule has 10 heteroatoms. The smallest absolute Gasteiger partial charge is 0.264 e. The van der Waals surface area contributed by atoms with Gasteiger partial charge in [0.1, 0.15) is 18.3 Å². The first kappa shape index (κ1) is 30.0. The Kier molecular flexibility index (Phi) is 10.4. The number of hydrogen-bond donors (Lipinski definition) is 1. The number of halogens is 1. The van der Waals surface area contributed by atoms with Crippen LogP contribution in [0.3, 0.4) is 0 Å². The summed E-state index contributed by atoms with van der Waals surface area (Å²) in [6.45, 7) is 7.68. The van der Waals surface area contributed by atoms with E-state index in [0.717, 1.165) is 15.4 Å². The van der Waals surface area contributed by atoms with Gasteiger partial charge in [-0.1, -0.05) is 35.9 Å². The van der Waals surface area contributed by atoms with Crippen molar-refractivity contribution in [1.29, 1.82) is 0 Å². The van der Waals surface area contributed by atoms with Gasteiger partial charge in [-0.3, -0.25) is 13.9 Å². The lowest BCUT2D eigenvalue weighted by Gasteiger charge is -2.32. The molecule has 3 aromatic rings. The van der Waals surface area contributed by atoms with Crippen molar-refractivity contribution in [3.63, 3.8) is 0 Å². The first-order chi connectivity index (χ1) is 18.6. The molecule has 0 saturated heterocycles. The highest BCUT2D eigenvalue weighted by Gasteiger charge is 2.32. The van der Waals surface area contributed by atoms with Gasteiger partial charge in [0.15, 0.2) is 0 Å². The Hall–Kier alpha value is -3.56. The molecule has 0 bridgehead atoms. The Morgan fingerprint density at radius 3 is 2.21 bits per heavy atom. The highest BCUT2D eigenvalue weighted by atomic mass is 35.5. The maximum atomic E-state index is 13.9. The van der Waals surface area contributed by atoms with Gasteiger partial charge in [-0.15, -0.1) is 0 Å². The molecule has 0 heterocycles. The molecule has 8 nitrogen and oxygen atoms in total. The van der Waals surface area contributed by atoms with E-state index < -0.39 is 28.5 Å². The Morgan fingerprint density at radius 1 is 0.974 bits per heavy atom. The van der Waals surface area contributed by atoms with Crippen molar-refractivity contribution in [2.75, 3.05) is 24.0 Å². The van der Waals surface area contributed by atoms with Gasteiger partial charge in [0.05, 0.1) is 17.2 Å². The minimum Gasteiger partial charge on any atom is -0.494 e. The van der Waals surface area contributed by atoms with Gasteiger partial charge in [-0.25, -0.2) is 8.42 Å².